The topological polar surface area (TPSA) is 57.5 Å². The zero-order chi connectivity index (χ0) is 22.8. The van der Waals surface area contributed by atoms with E-state index in [1.807, 2.05) is 83.8 Å². The lowest BCUT2D eigenvalue weighted by atomic mass is 10.0. The highest BCUT2D eigenvalue weighted by atomic mass is 35.5. The molecular weight excluding hydrogens is 436 g/mol. The fourth-order valence-electron chi connectivity index (χ4n) is 3.89. The van der Waals surface area contributed by atoms with Gasteiger partial charge in [0.1, 0.15) is 0 Å². The number of benzene rings is 3. The van der Waals surface area contributed by atoms with Gasteiger partial charge in [0.15, 0.2) is 0 Å². The van der Waals surface area contributed by atoms with Crippen molar-refractivity contribution >= 4 is 40.7 Å². The Morgan fingerprint density at radius 3 is 2.42 bits per heavy atom. The highest BCUT2D eigenvalue weighted by molar-refractivity contribution is 6.41. The van der Waals surface area contributed by atoms with Crippen molar-refractivity contribution in [3.63, 3.8) is 0 Å². The van der Waals surface area contributed by atoms with Crippen molar-refractivity contribution < 1.29 is 9.53 Å². The molecule has 3 aromatic rings. The van der Waals surface area contributed by atoms with E-state index in [9.17, 15) is 4.79 Å². The van der Waals surface area contributed by atoms with Gasteiger partial charge in [-0.1, -0.05) is 78.3 Å². The highest BCUT2D eigenvalue weighted by Gasteiger charge is 2.43. The van der Waals surface area contributed by atoms with Gasteiger partial charge in [0.05, 0.1) is 24.0 Å². The van der Waals surface area contributed by atoms with Crippen molar-refractivity contribution in [3.8, 4) is 0 Å². The van der Waals surface area contributed by atoms with Crippen molar-refractivity contribution in [3.05, 3.63) is 107 Å². The Kier molecular flexibility index (Phi) is 5.67. The maximum absolute atomic E-state index is 12.9. The molecule has 0 aromatic heterocycles. The van der Waals surface area contributed by atoms with Crippen LogP contribution in [0, 0.1) is 0 Å². The van der Waals surface area contributed by atoms with Crippen molar-refractivity contribution in [2.45, 2.75) is 13.0 Å². The molecule has 33 heavy (non-hydrogen) atoms. The Morgan fingerprint density at radius 1 is 1.00 bits per heavy atom. The number of guanidine groups is 1. The fourth-order valence-corrected chi connectivity index (χ4v) is 4.08. The molecule has 0 bridgehead atoms. The molecule has 2 aliphatic heterocycles. The molecule has 0 saturated heterocycles. The zero-order valence-electron chi connectivity index (χ0n) is 17.9. The summed E-state index contributed by atoms with van der Waals surface area (Å²) in [5, 5.41) is 6.85. The summed E-state index contributed by atoms with van der Waals surface area (Å²) in [6.07, 6.45) is 2.05. The minimum absolute atomic E-state index is 0.174. The number of carbonyl (C=O) groups is 1. The third kappa shape index (κ3) is 4.01. The van der Waals surface area contributed by atoms with Crippen LogP contribution >= 0.6 is 11.6 Å². The van der Waals surface area contributed by atoms with Crippen LogP contribution < -0.4 is 5.01 Å². The van der Waals surface area contributed by atoms with E-state index in [-0.39, 0.29) is 18.5 Å². The first-order chi connectivity index (χ1) is 16.2. The van der Waals surface area contributed by atoms with Crippen LogP contribution in [0.2, 0.25) is 5.02 Å². The summed E-state index contributed by atoms with van der Waals surface area (Å²) in [7, 11) is 0. The van der Waals surface area contributed by atoms with Crippen LogP contribution in [0.25, 0.3) is 5.70 Å². The number of halogens is 1. The van der Waals surface area contributed by atoms with Crippen LogP contribution in [0.3, 0.4) is 0 Å². The van der Waals surface area contributed by atoms with Gasteiger partial charge in [-0.05, 0) is 36.8 Å². The summed E-state index contributed by atoms with van der Waals surface area (Å²) < 4.78 is 5.34. The van der Waals surface area contributed by atoms with Gasteiger partial charge >= 0.3 is 5.97 Å². The van der Waals surface area contributed by atoms with Crippen LogP contribution in [0.4, 0.5) is 5.69 Å². The van der Waals surface area contributed by atoms with E-state index in [0.717, 1.165) is 16.8 Å². The number of hydrazone groups is 1. The zero-order valence-corrected chi connectivity index (χ0v) is 18.7. The predicted molar refractivity (Wildman–Crippen MR) is 131 cm³/mol. The average molecular weight is 457 g/mol. The van der Waals surface area contributed by atoms with Gasteiger partial charge in [-0.25, -0.2) is 9.79 Å². The monoisotopic (exact) mass is 456 g/mol. The second kappa shape index (κ2) is 8.92. The molecule has 6 nitrogen and oxygen atoms in total. The molecule has 0 amide bonds. The van der Waals surface area contributed by atoms with Gasteiger partial charge in [0.25, 0.3) is 0 Å². The molecule has 5 rings (SSSR count). The maximum Gasteiger partial charge on any atom is 0.376 e. The van der Waals surface area contributed by atoms with Crippen molar-refractivity contribution in [2.24, 2.45) is 10.1 Å². The smallest absolute Gasteiger partial charge is 0.376 e. The molecule has 0 unspecified atom stereocenters. The first-order valence-corrected chi connectivity index (χ1v) is 11.0. The molecule has 3 aromatic carbocycles. The number of hydrogen-bond donors (Lipinski definition) is 0. The van der Waals surface area contributed by atoms with Gasteiger partial charge < -0.3 is 4.74 Å². The van der Waals surface area contributed by atoms with Crippen LogP contribution in [0.1, 0.15) is 24.1 Å². The van der Waals surface area contributed by atoms with Gasteiger partial charge in [0, 0.05) is 10.6 Å². The number of esters is 1. The SMILES string of the molecule is CCOC(=O)C1=NN(c2cccc(Cl)c2)C2=NC(c3ccccc3)=C[C@@H](c3ccccc3)N12. The maximum atomic E-state index is 12.9. The predicted octanol–water partition coefficient (Wildman–Crippen LogP) is 5.49. The molecule has 1 atom stereocenters. The van der Waals surface area contributed by atoms with Crippen molar-refractivity contribution in [1.29, 1.82) is 0 Å². The number of hydrogen-bond acceptors (Lipinski definition) is 6. The Hall–Kier alpha value is -3.90. The largest absolute Gasteiger partial charge is 0.460 e. The number of aliphatic imine (C=N–C) groups is 1. The van der Waals surface area contributed by atoms with Crippen molar-refractivity contribution in [1.82, 2.24) is 4.90 Å². The Labute approximate surface area is 197 Å². The van der Waals surface area contributed by atoms with E-state index >= 15 is 0 Å². The summed E-state index contributed by atoms with van der Waals surface area (Å²) in [4.78, 5) is 19.7. The first-order valence-electron chi connectivity index (χ1n) is 10.7. The standard InChI is InChI=1S/C26H21ClN4O2/c1-2-33-25(32)24-29-31(21-15-9-14-20(27)16-21)26-28-22(18-10-5-3-6-11-18)17-23(30(24)26)19-12-7-4-8-13-19/h3-17,23H,2H2,1H3/t23-/m0/s1. The number of rotatable bonds is 5. The van der Waals surface area contributed by atoms with Gasteiger partial charge in [-0.15, -0.1) is 5.10 Å². The highest BCUT2D eigenvalue weighted by Crippen LogP contribution is 2.38. The molecule has 0 N–H and O–H groups in total. The normalized spacial score (nSPS) is 17.2. The molecule has 0 aliphatic carbocycles. The fraction of sp³-hybridized carbons (Fsp3) is 0.115. The molecule has 2 heterocycles. The van der Waals surface area contributed by atoms with E-state index in [1.165, 1.54) is 0 Å². The number of ether oxygens (including phenoxy) is 1. The average Bonchev–Trinajstić information content (AvgIpc) is 3.25. The molecule has 164 valence electrons. The second-order valence-corrected chi connectivity index (χ2v) is 7.93. The second-order valence-electron chi connectivity index (χ2n) is 7.49. The molecule has 0 radical (unpaired) electrons. The van der Waals surface area contributed by atoms with E-state index in [1.54, 1.807) is 24.1 Å². The number of carbonyl (C=O) groups excluding carboxylic acids is 1. The third-order valence-electron chi connectivity index (χ3n) is 5.36. The Bertz CT molecular complexity index is 1270. The summed E-state index contributed by atoms with van der Waals surface area (Å²) in [6.45, 7) is 2.02. The van der Waals surface area contributed by atoms with Crippen LogP contribution in [0.15, 0.2) is 101 Å². The minimum Gasteiger partial charge on any atom is -0.460 e. The molecular formula is C26H21ClN4O2. The van der Waals surface area contributed by atoms with Gasteiger partial charge in [-0.3, -0.25) is 4.90 Å². The van der Waals surface area contributed by atoms with E-state index in [4.69, 9.17) is 21.3 Å². The number of amidine groups is 1. The third-order valence-corrected chi connectivity index (χ3v) is 5.60. The Morgan fingerprint density at radius 2 is 1.73 bits per heavy atom. The molecule has 0 spiro atoms. The summed E-state index contributed by atoms with van der Waals surface area (Å²) in [6, 6.07) is 26.9. The van der Waals surface area contributed by atoms with Crippen LogP contribution in [0.5, 0.6) is 0 Å². The lowest BCUT2D eigenvalue weighted by molar-refractivity contribution is -0.135. The lowest BCUT2D eigenvalue weighted by Crippen LogP contribution is -2.44. The van der Waals surface area contributed by atoms with E-state index in [0.29, 0.717) is 16.7 Å². The molecule has 0 fully saturated rings. The summed E-state index contributed by atoms with van der Waals surface area (Å²) in [5.41, 5.74) is 3.47. The number of nitrogens with zero attached hydrogens (tertiary/aromatic N) is 4. The van der Waals surface area contributed by atoms with E-state index in [2.05, 4.69) is 5.10 Å². The Balaban J connectivity index is 1.69. The van der Waals surface area contributed by atoms with Crippen molar-refractivity contribution in [2.75, 3.05) is 11.6 Å². The lowest BCUT2D eigenvalue weighted by Gasteiger charge is -2.32. The van der Waals surface area contributed by atoms with Crippen LogP contribution in [-0.4, -0.2) is 29.3 Å². The van der Waals surface area contributed by atoms with Crippen LogP contribution in [-0.2, 0) is 9.53 Å². The van der Waals surface area contributed by atoms with Gasteiger partial charge in [0.2, 0.25) is 11.8 Å². The summed E-state index contributed by atoms with van der Waals surface area (Å²) >= 11 is 6.26. The molecule has 0 saturated carbocycles. The molecule has 7 heteroatoms. The first kappa shape index (κ1) is 21.0. The number of anilines is 1. The summed E-state index contributed by atoms with van der Waals surface area (Å²) in [5.74, 6) is 0.176. The quantitative estimate of drug-likeness (QED) is 0.476. The molecule has 2 aliphatic rings. The minimum atomic E-state index is -0.507. The van der Waals surface area contributed by atoms with E-state index < -0.39 is 5.97 Å². The number of fused-ring (bicyclic) bond motifs is 1. The van der Waals surface area contributed by atoms with Gasteiger partial charge in [-0.2, -0.15) is 5.01 Å².